The van der Waals surface area contributed by atoms with Crippen LogP contribution in [0.5, 0.6) is 0 Å². The summed E-state index contributed by atoms with van der Waals surface area (Å²) in [5, 5.41) is 25.5. The Morgan fingerprint density at radius 2 is 1.86 bits per heavy atom. The molecule has 1 aliphatic heterocycles. The maximum atomic E-state index is 12.4. The van der Waals surface area contributed by atoms with Gasteiger partial charge in [-0.2, -0.15) is 0 Å². The fraction of sp³-hybridized carbons (Fsp3) is 0.407. The SMILES string of the molecule is CCCC[C@@H](C)/C=C/C(=O)NC1=C[C@](O)(/C=C/C=C/C=C/C(=O)NC2=C(O)CCC2=O)[C@@H]2O[C@@H]2C1=O. The maximum absolute atomic E-state index is 12.4. The summed E-state index contributed by atoms with van der Waals surface area (Å²) in [6.07, 6.45) is 15.1. The van der Waals surface area contributed by atoms with Crippen molar-refractivity contribution in [3.05, 3.63) is 71.8 Å². The van der Waals surface area contributed by atoms with E-state index in [1.807, 2.05) is 6.92 Å². The van der Waals surface area contributed by atoms with E-state index in [0.717, 1.165) is 19.3 Å². The van der Waals surface area contributed by atoms with Crippen molar-refractivity contribution >= 4 is 23.4 Å². The van der Waals surface area contributed by atoms with E-state index in [1.165, 1.54) is 42.5 Å². The van der Waals surface area contributed by atoms with E-state index < -0.39 is 29.6 Å². The summed E-state index contributed by atoms with van der Waals surface area (Å²) >= 11 is 0. The third-order valence-corrected chi connectivity index (χ3v) is 6.04. The minimum atomic E-state index is -1.59. The Hall–Kier alpha value is -3.56. The molecule has 3 rings (SSSR count). The van der Waals surface area contributed by atoms with Crippen molar-refractivity contribution in [2.75, 3.05) is 0 Å². The quantitative estimate of drug-likeness (QED) is 0.195. The number of nitrogens with one attached hydrogen (secondary N) is 2. The second-order valence-electron chi connectivity index (χ2n) is 9.09. The van der Waals surface area contributed by atoms with Gasteiger partial charge < -0.3 is 25.6 Å². The molecule has 0 spiro atoms. The van der Waals surface area contributed by atoms with Crippen LogP contribution in [0.25, 0.3) is 0 Å². The van der Waals surface area contributed by atoms with Crippen LogP contribution in [0.15, 0.2) is 71.8 Å². The van der Waals surface area contributed by atoms with Crippen molar-refractivity contribution in [3.63, 3.8) is 0 Å². The first-order valence-corrected chi connectivity index (χ1v) is 12.1. The Kier molecular flexibility index (Phi) is 8.95. The summed E-state index contributed by atoms with van der Waals surface area (Å²) in [6, 6.07) is 0. The number of ketones is 2. The standard InChI is InChI=1S/C27H32N2O7/c1-3-4-9-17(2)11-14-22(33)28-18-16-27(35,26-25(36-26)24(18)34)15-8-6-5-7-10-21(32)29-23-19(30)12-13-20(23)31/h5-8,10-11,14-17,25-26,30,35H,3-4,9,12-13H2,1-2H3,(H,28,33)(H,29,32)/b6-5+,10-7+,14-11+,15-8+/t17-,25-,26-,27-/m1/s1. The first-order chi connectivity index (χ1) is 17.1. The van der Waals surface area contributed by atoms with E-state index in [0.29, 0.717) is 0 Å². The molecular weight excluding hydrogens is 464 g/mol. The van der Waals surface area contributed by atoms with Crippen molar-refractivity contribution in [2.24, 2.45) is 5.92 Å². The van der Waals surface area contributed by atoms with E-state index in [1.54, 1.807) is 12.2 Å². The summed E-state index contributed by atoms with van der Waals surface area (Å²) in [5.74, 6) is -1.59. The molecular formula is C27H32N2O7. The Morgan fingerprint density at radius 3 is 2.56 bits per heavy atom. The zero-order valence-electron chi connectivity index (χ0n) is 20.4. The van der Waals surface area contributed by atoms with Crippen LogP contribution in [0.4, 0.5) is 0 Å². The number of Topliss-reactive ketones (excluding diaryl/α,β-unsaturated/α-hetero) is 2. The molecule has 1 heterocycles. The lowest BCUT2D eigenvalue weighted by molar-refractivity contribution is -0.121. The fourth-order valence-corrected chi connectivity index (χ4v) is 3.92. The molecule has 9 heteroatoms. The van der Waals surface area contributed by atoms with Gasteiger partial charge in [-0.05, 0) is 30.6 Å². The highest BCUT2D eigenvalue weighted by molar-refractivity contribution is 6.06. The van der Waals surface area contributed by atoms with Crippen LogP contribution in [0.1, 0.15) is 46.0 Å². The number of carbonyl (C=O) groups excluding carboxylic acids is 4. The highest BCUT2D eigenvalue weighted by Crippen LogP contribution is 2.40. The number of allylic oxidation sites excluding steroid dienone is 7. The van der Waals surface area contributed by atoms with Gasteiger partial charge in [0.1, 0.15) is 23.2 Å². The van der Waals surface area contributed by atoms with Gasteiger partial charge in [-0.15, -0.1) is 0 Å². The topological polar surface area (TPSA) is 145 Å². The Morgan fingerprint density at radius 1 is 1.14 bits per heavy atom. The van der Waals surface area contributed by atoms with Gasteiger partial charge in [0.15, 0.2) is 11.9 Å². The predicted molar refractivity (Wildman–Crippen MR) is 132 cm³/mol. The summed E-state index contributed by atoms with van der Waals surface area (Å²) in [7, 11) is 0. The number of aliphatic hydroxyl groups excluding tert-OH is 1. The highest BCUT2D eigenvalue weighted by Gasteiger charge is 2.59. The van der Waals surface area contributed by atoms with E-state index >= 15 is 0 Å². The number of fused-ring (bicyclic) bond motifs is 1. The molecule has 192 valence electrons. The monoisotopic (exact) mass is 496 g/mol. The zero-order valence-corrected chi connectivity index (χ0v) is 20.4. The van der Waals surface area contributed by atoms with Crippen molar-refractivity contribution in [1.29, 1.82) is 0 Å². The predicted octanol–water partition coefficient (Wildman–Crippen LogP) is 2.37. The number of amides is 2. The first-order valence-electron chi connectivity index (χ1n) is 12.1. The number of hydrogen-bond donors (Lipinski definition) is 4. The molecule has 0 unspecified atom stereocenters. The average molecular weight is 497 g/mol. The Balaban J connectivity index is 1.56. The molecule has 2 amide bonds. The Labute approximate surface area is 210 Å². The van der Waals surface area contributed by atoms with Crippen LogP contribution >= 0.6 is 0 Å². The van der Waals surface area contributed by atoms with Gasteiger partial charge in [0.25, 0.3) is 0 Å². The van der Waals surface area contributed by atoms with Crippen LogP contribution in [0, 0.1) is 5.92 Å². The lowest BCUT2D eigenvalue weighted by Crippen LogP contribution is -2.42. The van der Waals surface area contributed by atoms with E-state index in [4.69, 9.17) is 4.74 Å². The first kappa shape index (κ1) is 27.0. The number of aliphatic hydroxyl groups is 2. The average Bonchev–Trinajstić information content (AvgIpc) is 3.60. The number of carbonyl (C=O) groups is 4. The van der Waals surface area contributed by atoms with E-state index in [-0.39, 0.29) is 47.5 Å². The van der Waals surface area contributed by atoms with Crippen LogP contribution in [0.2, 0.25) is 0 Å². The number of unbranched alkanes of at least 4 members (excludes halogenated alkanes) is 1. The molecule has 0 radical (unpaired) electrons. The summed E-state index contributed by atoms with van der Waals surface area (Å²) in [5.41, 5.74) is -1.67. The van der Waals surface area contributed by atoms with Crippen LogP contribution in [0.3, 0.4) is 0 Å². The molecule has 1 fully saturated rings. The van der Waals surface area contributed by atoms with Crippen LogP contribution in [-0.2, 0) is 23.9 Å². The zero-order chi connectivity index (χ0) is 26.3. The van der Waals surface area contributed by atoms with Gasteiger partial charge in [-0.25, -0.2) is 0 Å². The smallest absolute Gasteiger partial charge is 0.248 e. The molecule has 4 N–H and O–H groups in total. The second-order valence-corrected chi connectivity index (χ2v) is 9.09. The minimum absolute atomic E-state index is 0.0173. The summed E-state index contributed by atoms with van der Waals surface area (Å²) in [6.45, 7) is 4.12. The molecule has 1 saturated heterocycles. The number of rotatable bonds is 11. The van der Waals surface area contributed by atoms with Crippen molar-refractivity contribution in [1.82, 2.24) is 10.6 Å². The molecule has 0 aromatic heterocycles. The highest BCUT2D eigenvalue weighted by atomic mass is 16.6. The summed E-state index contributed by atoms with van der Waals surface area (Å²) < 4.78 is 5.33. The molecule has 4 atom stereocenters. The van der Waals surface area contributed by atoms with Gasteiger partial charge in [0.05, 0.1) is 5.70 Å². The number of epoxide rings is 1. The minimum Gasteiger partial charge on any atom is -0.510 e. The van der Waals surface area contributed by atoms with E-state index in [9.17, 15) is 29.4 Å². The van der Waals surface area contributed by atoms with Crippen LogP contribution < -0.4 is 10.6 Å². The normalized spacial score (nSPS) is 26.8. The largest absolute Gasteiger partial charge is 0.510 e. The van der Waals surface area contributed by atoms with Gasteiger partial charge in [0.2, 0.25) is 17.6 Å². The molecule has 3 aliphatic rings. The van der Waals surface area contributed by atoms with E-state index in [2.05, 4.69) is 17.6 Å². The molecule has 0 saturated carbocycles. The second kappa shape index (κ2) is 11.9. The van der Waals surface area contributed by atoms with Crippen molar-refractivity contribution in [3.8, 4) is 0 Å². The maximum Gasteiger partial charge on any atom is 0.248 e. The summed E-state index contributed by atoms with van der Waals surface area (Å²) in [4.78, 5) is 48.2. The van der Waals surface area contributed by atoms with Gasteiger partial charge in [-0.1, -0.05) is 57.1 Å². The van der Waals surface area contributed by atoms with Gasteiger partial charge >= 0.3 is 0 Å². The molecule has 2 aliphatic carbocycles. The van der Waals surface area contributed by atoms with Crippen molar-refractivity contribution < 1.29 is 34.1 Å². The molecule has 0 aromatic rings. The lowest BCUT2D eigenvalue weighted by atomic mass is 9.88. The third kappa shape index (κ3) is 6.99. The lowest BCUT2D eigenvalue weighted by Gasteiger charge is -2.23. The fourth-order valence-electron chi connectivity index (χ4n) is 3.92. The van der Waals surface area contributed by atoms with Gasteiger partial charge in [-0.3, -0.25) is 19.2 Å². The van der Waals surface area contributed by atoms with Gasteiger partial charge in [0, 0.05) is 18.9 Å². The molecule has 36 heavy (non-hydrogen) atoms. The number of hydrogen-bond acceptors (Lipinski definition) is 7. The van der Waals surface area contributed by atoms with Crippen LogP contribution in [-0.4, -0.2) is 51.4 Å². The van der Waals surface area contributed by atoms with Crippen molar-refractivity contribution in [2.45, 2.75) is 63.8 Å². The molecule has 0 aromatic carbocycles. The molecule has 0 bridgehead atoms. The third-order valence-electron chi connectivity index (χ3n) is 6.04. The number of ether oxygens (including phenoxy) is 1. The Bertz CT molecular complexity index is 1100. The molecule has 9 nitrogen and oxygen atoms in total.